The molecule has 1 fully saturated rings. The second kappa shape index (κ2) is 6.35. The number of anilines is 1. The van der Waals surface area contributed by atoms with E-state index in [0.29, 0.717) is 5.92 Å². The lowest BCUT2D eigenvalue weighted by Crippen LogP contribution is -2.37. The van der Waals surface area contributed by atoms with Crippen molar-refractivity contribution in [3.05, 3.63) is 52.2 Å². The van der Waals surface area contributed by atoms with Gasteiger partial charge in [-0.1, -0.05) is 12.1 Å². The Bertz CT molecular complexity index is 917. The number of nitrogens with one attached hydrogen (secondary N) is 1. The fourth-order valence-electron chi connectivity index (χ4n) is 3.50. The number of piperidine rings is 1. The first-order valence-corrected chi connectivity index (χ1v) is 8.84. The van der Waals surface area contributed by atoms with Gasteiger partial charge in [-0.3, -0.25) is 9.36 Å². The predicted molar refractivity (Wildman–Crippen MR) is 99.0 cm³/mol. The van der Waals surface area contributed by atoms with Crippen molar-refractivity contribution in [2.75, 3.05) is 18.0 Å². The van der Waals surface area contributed by atoms with Crippen LogP contribution < -0.4 is 10.5 Å². The molecule has 0 radical (unpaired) electrons. The van der Waals surface area contributed by atoms with Gasteiger partial charge in [0, 0.05) is 30.9 Å². The third-order valence-electron chi connectivity index (χ3n) is 5.26. The quantitative estimate of drug-likeness (QED) is 0.798. The van der Waals surface area contributed by atoms with Crippen LogP contribution in [-0.2, 0) is 6.54 Å². The van der Waals surface area contributed by atoms with E-state index in [-0.39, 0.29) is 5.56 Å². The Labute approximate surface area is 146 Å². The van der Waals surface area contributed by atoms with E-state index >= 15 is 0 Å². The first kappa shape index (κ1) is 15.9. The zero-order valence-electron chi connectivity index (χ0n) is 14.7. The van der Waals surface area contributed by atoms with E-state index in [1.807, 2.05) is 32.0 Å². The number of imidazole rings is 1. The average molecular weight is 337 g/mol. The molecule has 130 valence electrons. The number of fused-ring (bicyclic) bond motifs is 1. The molecule has 6 nitrogen and oxygen atoms in total. The van der Waals surface area contributed by atoms with Crippen molar-refractivity contribution in [1.29, 1.82) is 0 Å². The standard InChI is InChI=1S/C19H23N5O/c1-13-14(2)20-12-24(18(13)25)11-15-7-9-23(10-8-15)19-21-16-5-3-4-6-17(16)22-19/h3-6,12,15H,7-11H2,1-2H3,(H,21,22). The molecule has 0 amide bonds. The van der Waals surface area contributed by atoms with Crippen LogP contribution in [0.5, 0.6) is 0 Å². The van der Waals surface area contributed by atoms with Gasteiger partial charge in [0.2, 0.25) is 5.95 Å². The minimum atomic E-state index is 0.0900. The largest absolute Gasteiger partial charge is 0.342 e. The van der Waals surface area contributed by atoms with E-state index in [4.69, 9.17) is 0 Å². The lowest BCUT2D eigenvalue weighted by atomic mass is 9.97. The summed E-state index contributed by atoms with van der Waals surface area (Å²) in [6, 6.07) is 8.11. The zero-order chi connectivity index (χ0) is 17.4. The van der Waals surface area contributed by atoms with Crippen LogP contribution >= 0.6 is 0 Å². The van der Waals surface area contributed by atoms with Crippen molar-refractivity contribution in [1.82, 2.24) is 19.5 Å². The topological polar surface area (TPSA) is 66.8 Å². The zero-order valence-corrected chi connectivity index (χ0v) is 14.7. The highest BCUT2D eigenvalue weighted by molar-refractivity contribution is 5.77. The van der Waals surface area contributed by atoms with E-state index < -0.39 is 0 Å². The van der Waals surface area contributed by atoms with Gasteiger partial charge < -0.3 is 9.88 Å². The Balaban J connectivity index is 1.43. The summed E-state index contributed by atoms with van der Waals surface area (Å²) in [5, 5.41) is 0. The maximum atomic E-state index is 12.3. The maximum Gasteiger partial charge on any atom is 0.256 e. The molecule has 1 N–H and O–H groups in total. The van der Waals surface area contributed by atoms with Crippen molar-refractivity contribution in [2.45, 2.75) is 33.2 Å². The molecular formula is C19H23N5O. The lowest BCUT2D eigenvalue weighted by molar-refractivity contribution is 0.349. The van der Waals surface area contributed by atoms with E-state index in [9.17, 15) is 4.79 Å². The number of aryl methyl sites for hydroxylation is 1. The molecule has 0 unspecified atom stereocenters. The van der Waals surface area contributed by atoms with Crippen LogP contribution in [0.3, 0.4) is 0 Å². The Morgan fingerprint density at radius 3 is 2.72 bits per heavy atom. The number of hydrogen-bond donors (Lipinski definition) is 1. The van der Waals surface area contributed by atoms with Crippen LogP contribution in [0.2, 0.25) is 0 Å². The number of para-hydroxylation sites is 2. The normalized spacial score (nSPS) is 15.8. The number of aromatic nitrogens is 4. The van der Waals surface area contributed by atoms with Crippen molar-refractivity contribution in [3.8, 4) is 0 Å². The van der Waals surface area contributed by atoms with Gasteiger partial charge in [-0.2, -0.15) is 0 Å². The summed E-state index contributed by atoms with van der Waals surface area (Å²) in [5.41, 5.74) is 3.75. The summed E-state index contributed by atoms with van der Waals surface area (Å²) < 4.78 is 1.77. The molecule has 2 aromatic heterocycles. The van der Waals surface area contributed by atoms with Crippen LogP contribution in [0, 0.1) is 19.8 Å². The summed E-state index contributed by atoms with van der Waals surface area (Å²) >= 11 is 0. The lowest BCUT2D eigenvalue weighted by Gasteiger charge is -2.32. The van der Waals surface area contributed by atoms with E-state index in [2.05, 4.69) is 25.9 Å². The first-order valence-electron chi connectivity index (χ1n) is 8.84. The Morgan fingerprint density at radius 2 is 1.96 bits per heavy atom. The van der Waals surface area contributed by atoms with Gasteiger partial charge in [0.05, 0.1) is 17.4 Å². The Hall–Kier alpha value is -2.63. The SMILES string of the molecule is Cc1ncn(CC2CCN(c3nc4ccccc4[nH]3)CC2)c(=O)c1C. The third kappa shape index (κ3) is 3.04. The highest BCUT2D eigenvalue weighted by Crippen LogP contribution is 2.24. The molecule has 3 heterocycles. The van der Waals surface area contributed by atoms with Gasteiger partial charge in [-0.05, 0) is 44.7 Å². The fourth-order valence-corrected chi connectivity index (χ4v) is 3.50. The van der Waals surface area contributed by atoms with Crippen LogP contribution in [0.4, 0.5) is 5.95 Å². The van der Waals surface area contributed by atoms with Crippen LogP contribution in [0.15, 0.2) is 35.4 Å². The van der Waals surface area contributed by atoms with E-state index in [1.165, 1.54) is 0 Å². The first-order chi connectivity index (χ1) is 12.1. The summed E-state index contributed by atoms with van der Waals surface area (Å²) in [4.78, 5) is 27.1. The molecule has 1 aromatic carbocycles. The van der Waals surface area contributed by atoms with Crippen molar-refractivity contribution in [2.24, 2.45) is 5.92 Å². The Kier molecular flexibility index (Phi) is 4.03. The molecule has 1 aliphatic heterocycles. The Morgan fingerprint density at radius 1 is 1.20 bits per heavy atom. The summed E-state index contributed by atoms with van der Waals surface area (Å²) in [5.74, 6) is 1.45. The highest BCUT2D eigenvalue weighted by Gasteiger charge is 2.22. The van der Waals surface area contributed by atoms with Crippen LogP contribution in [0.1, 0.15) is 24.1 Å². The van der Waals surface area contributed by atoms with Crippen LogP contribution in [-0.4, -0.2) is 32.6 Å². The molecule has 1 saturated heterocycles. The summed E-state index contributed by atoms with van der Waals surface area (Å²) in [6.07, 6.45) is 3.79. The number of H-pyrrole nitrogens is 1. The van der Waals surface area contributed by atoms with Gasteiger partial charge in [0.25, 0.3) is 5.56 Å². The van der Waals surface area contributed by atoms with Gasteiger partial charge >= 0.3 is 0 Å². The highest BCUT2D eigenvalue weighted by atomic mass is 16.1. The number of rotatable bonds is 3. The molecule has 0 saturated carbocycles. The molecule has 0 bridgehead atoms. The monoisotopic (exact) mass is 337 g/mol. The van der Waals surface area contributed by atoms with E-state index in [0.717, 1.165) is 60.7 Å². The third-order valence-corrected chi connectivity index (χ3v) is 5.26. The number of nitrogens with zero attached hydrogens (tertiary/aromatic N) is 4. The average Bonchev–Trinajstić information content (AvgIpc) is 3.07. The summed E-state index contributed by atoms with van der Waals surface area (Å²) in [6.45, 7) is 6.40. The number of hydrogen-bond acceptors (Lipinski definition) is 4. The van der Waals surface area contributed by atoms with Crippen molar-refractivity contribution < 1.29 is 0 Å². The molecule has 3 aromatic rings. The van der Waals surface area contributed by atoms with Crippen LogP contribution in [0.25, 0.3) is 11.0 Å². The second-order valence-corrected chi connectivity index (χ2v) is 6.92. The number of benzene rings is 1. The fraction of sp³-hybridized carbons (Fsp3) is 0.421. The molecule has 25 heavy (non-hydrogen) atoms. The molecule has 0 spiro atoms. The van der Waals surface area contributed by atoms with Gasteiger partial charge in [-0.25, -0.2) is 9.97 Å². The van der Waals surface area contributed by atoms with E-state index in [1.54, 1.807) is 10.9 Å². The van der Waals surface area contributed by atoms with Gasteiger partial charge in [0.1, 0.15) is 0 Å². The molecule has 1 aliphatic rings. The van der Waals surface area contributed by atoms with Crippen molar-refractivity contribution >= 4 is 17.0 Å². The molecule has 0 atom stereocenters. The minimum absolute atomic E-state index is 0.0900. The predicted octanol–water partition coefficient (Wildman–Crippen LogP) is 2.65. The second-order valence-electron chi connectivity index (χ2n) is 6.92. The molecular weight excluding hydrogens is 314 g/mol. The minimum Gasteiger partial charge on any atom is -0.342 e. The van der Waals surface area contributed by atoms with Gasteiger partial charge in [-0.15, -0.1) is 0 Å². The molecule has 6 heteroatoms. The van der Waals surface area contributed by atoms with Crippen molar-refractivity contribution in [3.63, 3.8) is 0 Å². The summed E-state index contributed by atoms with van der Waals surface area (Å²) in [7, 11) is 0. The molecule has 0 aliphatic carbocycles. The van der Waals surface area contributed by atoms with Gasteiger partial charge in [0.15, 0.2) is 0 Å². The molecule has 4 rings (SSSR count). The smallest absolute Gasteiger partial charge is 0.256 e. The number of aromatic amines is 1. The maximum absolute atomic E-state index is 12.3.